The van der Waals surface area contributed by atoms with Crippen molar-refractivity contribution in [3.05, 3.63) is 75.4 Å². The average molecular weight is 452 g/mol. The first-order valence-corrected chi connectivity index (χ1v) is 11.5. The van der Waals surface area contributed by atoms with Crippen LogP contribution in [0.15, 0.2) is 63.9 Å². The molecular weight excluding hydrogens is 430 g/mol. The predicted octanol–water partition coefficient (Wildman–Crippen LogP) is 4.80. The molecular formula is C23H21N3O3S2. The van der Waals surface area contributed by atoms with Gasteiger partial charge in [0.05, 0.1) is 24.1 Å². The number of benzene rings is 2. The van der Waals surface area contributed by atoms with Gasteiger partial charge in [-0.3, -0.25) is 14.2 Å². The Morgan fingerprint density at radius 3 is 2.84 bits per heavy atom. The van der Waals surface area contributed by atoms with Gasteiger partial charge in [-0.2, -0.15) is 0 Å². The minimum Gasteiger partial charge on any atom is -0.497 e. The first-order chi connectivity index (χ1) is 15.0. The topological polar surface area (TPSA) is 73.2 Å². The lowest BCUT2D eigenvalue weighted by atomic mass is 10.1. The summed E-state index contributed by atoms with van der Waals surface area (Å²) in [5.74, 6) is 0.591. The quantitative estimate of drug-likeness (QED) is 0.337. The smallest absolute Gasteiger partial charge is 0.276 e. The third-order valence-electron chi connectivity index (χ3n) is 4.74. The molecule has 0 saturated heterocycles. The van der Waals surface area contributed by atoms with E-state index in [1.807, 2.05) is 55.6 Å². The molecule has 0 saturated carbocycles. The summed E-state index contributed by atoms with van der Waals surface area (Å²) < 4.78 is 7.41. The van der Waals surface area contributed by atoms with Gasteiger partial charge in [0.25, 0.3) is 5.56 Å². The highest BCUT2D eigenvalue weighted by Crippen LogP contribution is 2.26. The van der Waals surface area contributed by atoms with Crippen molar-refractivity contribution in [1.82, 2.24) is 9.55 Å². The maximum absolute atomic E-state index is 13.3. The normalized spacial score (nSPS) is 10.9. The molecule has 0 fully saturated rings. The fourth-order valence-corrected chi connectivity index (χ4v) is 4.75. The van der Waals surface area contributed by atoms with Gasteiger partial charge in [0.1, 0.15) is 10.4 Å². The number of ether oxygens (including phenoxy) is 1. The summed E-state index contributed by atoms with van der Waals surface area (Å²) in [6.07, 6.45) is 0. The molecule has 158 valence electrons. The van der Waals surface area contributed by atoms with Gasteiger partial charge in [0.15, 0.2) is 5.16 Å². The zero-order chi connectivity index (χ0) is 22.0. The third-order valence-corrected chi connectivity index (χ3v) is 6.57. The summed E-state index contributed by atoms with van der Waals surface area (Å²) in [7, 11) is 1.58. The van der Waals surface area contributed by atoms with Crippen LogP contribution in [0.4, 0.5) is 5.69 Å². The van der Waals surface area contributed by atoms with Gasteiger partial charge in [-0.1, -0.05) is 30.0 Å². The van der Waals surface area contributed by atoms with Gasteiger partial charge in [0.2, 0.25) is 5.91 Å². The van der Waals surface area contributed by atoms with Crippen LogP contribution in [0.2, 0.25) is 0 Å². The predicted molar refractivity (Wildman–Crippen MR) is 127 cm³/mol. The zero-order valence-corrected chi connectivity index (χ0v) is 19.0. The number of nitrogens with zero attached hydrogens (tertiary/aromatic N) is 2. The van der Waals surface area contributed by atoms with E-state index in [1.165, 1.54) is 23.1 Å². The minimum atomic E-state index is -0.189. The Hall–Kier alpha value is -3.10. The monoisotopic (exact) mass is 451 g/mol. The number of carbonyl (C=O) groups is 1. The Kier molecular flexibility index (Phi) is 6.11. The zero-order valence-electron chi connectivity index (χ0n) is 17.3. The SMILES string of the molecule is COc1cccc(NC(=O)CSc2nc3ccsc3c(=O)n2-c2cc(C)ccc2C)c1. The number of fused-ring (bicyclic) bond motifs is 1. The van der Waals surface area contributed by atoms with Crippen molar-refractivity contribution in [3.63, 3.8) is 0 Å². The van der Waals surface area contributed by atoms with Crippen molar-refractivity contribution in [2.45, 2.75) is 19.0 Å². The van der Waals surface area contributed by atoms with Crippen molar-refractivity contribution in [3.8, 4) is 11.4 Å². The molecule has 2 aromatic heterocycles. The molecule has 8 heteroatoms. The van der Waals surface area contributed by atoms with Crippen LogP contribution in [0.5, 0.6) is 5.75 Å². The number of rotatable bonds is 6. The molecule has 0 aliphatic heterocycles. The largest absolute Gasteiger partial charge is 0.497 e. The Bertz CT molecular complexity index is 1330. The average Bonchev–Trinajstić information content (AvgIpc) is 3.23. The standard InChI is InChI=1S/C23H21N3O3S2/c1-14-7-8-15(2)19(11-14)26-22(28)21-18(9-10-30-21)25-23(26)31-13-20(27)24-16-5-4-6-17(12-16)29-3/h4-12H,13H2,1-3H3,(H,24,27). The summed E-state index contributed by atoms with van der Waals surface area (Å²) in [5, 5.41) is 5.21. The molecule has 2 heterocycles. The molecule has 1 amide bonds. The fraction of sp³-hybridized carbons (Fsp3) is 0.174. The van der Waals surface area contributed by atoms with Crippen molar-refractivity contribution < 1.29 is 9.53 Å². The Balaban J connectivity index is 1.66. The van der Waals surface area contributed by atoms with E-state index in [2.05, 4.69) is 10.3 Å². The van der Waals surface area contributed by atoms with Crippen LogP contribution < -0.4 is 15.6 Å². The summed E-state index contributed by atoms with van der Waals surface area (Å²) >= 11 is 2.61. The van der Waals surface area contributed by atoms with E-state index < -0.39 is 0 Å². The summed E-state index contributed by atoms with van der Waals surface area (Å²) in [4.78, 5) is 30.5. The number of methoxy groups -OCH3 is 1. The van der Waals surface area contributed by atoms with E-state index in [1.54, 1.807) is 23.8 Å². The maximum atomic E-state index is 13.3. The second-order valence-electron chi connectivity index (χ2n) is 7.03. The minimum absolute atomic E-state index is 0.115. The number of nitrogens with one attached hydrogen (secondary N) is 1. The van der Waals surface area contributed by atoms with E-state index >= 15 is 0 Å². The molecule has 0 radical (unpaired) electrons. The fourth-order valence-electron chi connectivity index (χ4n) is 3.19. The maximum Gasteiger partial charge on any atom is 0.276 e. The van der Waals surface area contributed by atoms with Gasteiger partial charge in [-0.15, -0.1) is 11.3 Å². The lowest BCUT2D eigenvalue weighted by molar-refractivity contribution is -0.113. The number of anilines is 1. The van der Waals surface area contributed by atoms with Crippen LogP contribution in [-0.4, -0.2) is 28.3 Å². The van der Waals surface area contributed by atoms with Gasteiger partial charge in [0, 0.05) is 11.8 Å². The van der Waals surface area contributed by atoms with Crippen LogP contribution in [0.25, 0.3) is 15.9 Å². The van der Waals surface area contributed by atoms with Gasteiger partial charge >= 0.3 is 0 Å². The van der Waals surface area contributed by atoms with E-state index in [0.29, 0.717) is 26.8 Å². The number of aryl methyl sites for hydroxylation is 2. The van der Waals surface area contributed by atoms with Crippen LogP contribution >= 0.6 is 23.1 Å². The van der Waals surface area contributed by atoms with E-state index in [0.717, 1.165) is 16.8 Å². The van der Waals surface area contributed by atoms with Crippen molar-refractivity contribution in [2.75, 3.05) is 18.2 Å². The molecule has 0 spiro atoms. The number of aromatic nitrogens is 2. The number of thiophene rings is 1. The first-order valence-electron chi connectivity index (χ1n) is 9.61. The molecule has 0 unspecified atom stereocenters. The molecule has 4 rings (SSSR count). The summed E-state index contributed by atoms with van der Waals surface area (Å²) in [5.41, 5.74) is 3.97. The second-order valence-corrected chi connectivity index (χ2v) is 8.89. The molecule has 0 atom stereocenters. The van der Waals surface area contributed by atoms with E-state index in [-0.39, 0.29) is 17.2 Å². The number of amides is 1. The van der Waals surface area contributed by atoms with Crippen LogP contribution in [0.3, 0.4) is 0 Å². The number of carbonyl (C=O) groups excluding carboxylic acids is 1. The Morgan fingerprint density at radius 2 is 2.03 bits per heavy atom. The third kappa shape index (κ3) is 4.50. The molecule has 0 aliphatic carbocycles. The molecule has 31 heavy (non-hydrogen) atoms. The molecule has 0 bridgehead atoms. The van der Waals surface area contributed by atoms with Crippen molar-refractivity contribution in [2.24, 2.45) is 0 Å². The van der Waals surface area contributed by atoms with E-state index in [4.69, 9.17) is 4.74 Å². The Labute approximate surface area is 187 Å². The van der Waals surface area contributed by atoms with Crippen LogP contribution in [0.1, 0.15) is 11.1 Å². The van der Waals surface area contributed by atoms with Gasteiger partial charge in [-0.25, -0.2) is 4.98 Å². The number of hydrogen-bond acceptors (Lipinski definition) is 6. The number of thioether (sulfide) groups is 1. The van der Waals surface area contributed by atoms with Crippen LogP contribution in [-0.2, 0) is 4.79 Å². The molecule has 0 aliphatic rings. The highest BCUT2D eigenvalue weighted by molar-refractivity contribution is 7.99. The number of hydrogen-bond donors (Lipinski definition) is 1. The van der Waals surface area contributed by atoms with Gasteiger partial charge in [-0.05, 0) is 54.6 Å². The van der Waals surface area contributed by atoms with Crippen molar-refractivity contribution >= 4 is 44.9 Å². The van der Waals surface area contributed by atoms with E-state index in [9.17, 15) is 9.59 Å². The second kappa shape index (κ2) is 8.95. The van der Waals surface area contributed by atoms with Gasteiger partial charge < -0.3 is 10.1 Å². The van der Waals surface area contributed by atoms with Crippen LogP contribution in [0, 0.1) is 13.8 Å². The molecule has 2 aromatic carbocycles. The lowest BCUT2D eigenvalue weighted by Gasteiger charge is -2.15. The summed E-state index contributed by atoms with van der Waals surface area (Å²) in [6, 6.07) is 15.0. The molecule has 4 aromatic rings. The Morgan fingerprint density at radius 1 is 1.19 bits per heavy atom. The first kappa shape index (κ1) is 21.1. The van der Waals surface area contributed by atoms with Crippen molar-refractivity contribution in [1.29, 1.82) is 0 Å². The summed E-state index contributed by atoms with van der Waals surface area (Å²) in [6.45, 7) is 3.95. The molecule has 6 nitrogen and oxygen atoms in total. The highest BCUT2D eigenvalue weighted by Gasteiger charge is 2.17. The molecule has 1 N–H and O–H groups in total. The lowest BCUT2D eigenvalue weighted by Crippen LogP contribution is -2.23. The highest BCUT2D eigenvalue weighted by atomic mass is 32.2.